The zero-order chi connectivity index (χ0) is 63.0. The number of esters is 3. The summed E-state index contributed by atoms with van der Waals surface area (Å²) < 4.78 is 67.6. The molecule has 0 spiro atoms. The van der Waals surface area contributed by atoms with Crippen LogP contribution in [-0.2, 0) is 61.7 Å². The molecule has 85 heavy (non-hydrogen) atoms. The molecule has 24 nitrogen and oxygen atoms in total. The normalized spacial score (nSPS) is 35.9. The van der Waals surface area contributed by atoms with Crippen LogP contribution in [0.15, 0.2) is 29.2 Å². The van der Waals surface area contributed by atoms with E-state index in [-0.39, 0.29) is 80.6 Å². The van der Waals surface area contributed by atoms with Crippen LogP contribution in [0.2, 0.25) is 0 Å². The summed E-state index contributed by atoms with van der Waals surface area (Å²) in [6.45, 7) is 21.3. The third-order valence-corrected chi connectivity index (χ3v) is 17.4. The molecular weight excluding hydrogens is 1110 g/mol. The van der Waals surface area contributed by atoms with E-state index in [0.29, 0.717) is 30.7 Å². The molecule has 4 fully saturated rings. The summed E-state index contributed by atoms with van der Waals surface area (Å²) in [6.07, 6.45) is -8.59. The lowest BCUT2D eigenvalue weighted by molar-refractivity contribution is -0.318. The van der Waals surface area contributed by atoms with Gasteiger partial charge in [-0.1, -0.05) is 20.8 Å². The molecule has 3 saturated heterocycles. The van der Waals surface area contributed by atoms with Crippen molar-refractivity contribution in [1.82, 2.24) is 14.4 Å². The van der Waals surface area contributed by atoms with Gasteiger partial charge in [-0.15, -0.1) is 0 Å². The van der Waals surface area contributed by atoms with Crippen LogP contribution < -0.4 is 10.7 Å². The number of hydrogen-bond acceptors (Lipinski definition) is 23. The first-order valence-electron chi connectivity index (χ1n) is 30.2. The van der Waals surface area contributed by atoms with Crippen molar-refractivity contribution in [1.29, 1.82) is 0 Å². The van der Waals surface area contributed by atoms with Crippen molar-refractivity contribution in [3.8, 4) is 0 Å². The van der Waals surface area contributed by atoms with Crippen LogP contribution in [0, 0.1) is 17.8 Å². The maximum absolute atomic E-state index is 14.6. The number of benzene rings is 1. The number of pyridine rings is 1. The van der Waals surface area contributed by atoms with Gasteiger partial charge in [0.15, 0.2) is 18.7 Å². The minimum Gasteiger partial charge on any atom is -0.459 e. The number of carbonyl (C=O) groups is 4. The van der Waals surface area contributed by atoms with Crippen molar-refractivity contribution in [2.24, 2.45) is 17.8 Å². The average Bonchev–Trinajstić information content (AvgIpc) is 2.43. The van der Waals surface area contributed by atoms with Crippen LogP contribution in [0.4, 0.5) is 10.5 Å². The van der Waals surface area contributed by atoms with Crippen LogP contribution in [0.25, 0.3) is 10.9 Å². The van der Waals surface area contributed by atoms with Gasteiger partial charge < -0.3 is 92.2 Å². The number of hydrogen-bond donors (Lipinski definition) is 5. The molecule has 1 saturated carbocycles. The second-order valence-electron chi connectivity index (χ2n) is 24.9. The number of rotatable bonds is 20. The van der Waals surface area contributed by atoms with E-state index in [2.05, 4.69) is 5.32 Å². The fraction of sp³-hybridized carbons (Fsp3) is 0.787. The lowest BCUT2D eigenvalue weighted by Crippen LogP contribution is -2.61. The lowest BCUT2D eigenvalue weighted by atomic mass is 9.77. The van der Waals surface area contributed by atoms with Crippen LogP contribution in [0.5, 0.6) is 0 Å². The van der Waals surface area contributed by atoms with Gasteiger partial charge in [0.05, 0.1) is 67.7 Å². The highest BCUT2D eigenvalue weighted by Gasteiger charge is 2.54. The smallest absolute Gasteiger partial charge is 0.459 e. The Balaban J connectivity index is 1.14. The third-order valence-electron chi connectivity index (χ3n) is 17.4. The predicted octanol–water partition coefficient (Wildman–Crippen LogP) is 5.30. The van der Waals surface area contributed by atoms with E-state index in [1.54, 1.807) is 67.5 Å². The molecule has 5 N–H and O–H groups in total. The SMILES string of the molecule is CCOC(=O)OC(C)OC(=O)c1cn(C2CC2)c2ccc(NCCOCCC(=O)O[C@H]3[C@H](C)O[C@@H](O[C@H]4[C@H](C)[C@@H](O[C@@H]5O[C@H](C)C[C@H](N(C)C)[C@@H]5O)[C@](C)(O)C[C@@H](C)CN(C)[C@H](C)[C@@H](O)[C@](C)(O)[C@@H](CC)OC(=O)[C@@H]4C)C[C@@]3(C)OC)cc2c1=O. The van der Waals surface area contributed by atoms with Crippen LogP contribution in [-0.4, -0.2) is 217 Å². The molecule has 1 aromatic heterocycles. The summed E-state index contributed by atoms with van der Waals surface area (Å²) in [5, 5.41) is 51.8. The molecule has 1 aliphatic carbocycles. The number of likely N-dealkylation sites (N-methyl/N-ethyl adjacent to an activating group) is 2. The number of aromatic nitrogens is 1. The quantitative estimate of drug-likeness (QED) is 0.0487. The molecule has 6 rings (SSSR count). The van der Waals surface area contributed by atoms with Crippen molar-refractivity contribution >= 4 is 40.7 Å². The second kappa shape index (κ2) is 29.6. The van der Waals surface area contributed by atoms with Gasteiger partial charge in [0, 0.05) is 74.9 Å². The molecule has 3 aliphatic heterocycles. The lowest BCUT2D eigenvalue weighted by Gasteiger charge is -2.49. The molecule has 0 amide bonds. The Labute approximate surface area is 500 Å². The van der Waals surface area contributed by atoms with Crippen molar-refractivity contribution in [2.45, 2.75) is 231 Å². The molecule has 1 unspecified atom stereocenters. The number of fused-ring (bicyclic) bond motifs is 1. The monoisotopic (exact) mass is 1210 g/mol. The summed E-state index contributed by atoms with van der Waals surface area (Å²) in [4.78, 5) is 70.7. The van der Waals surface area contributed by atoms with E-state index >= 15 is 0 Å². The predicted molar refractivity (Wildman–Crippen MR) is 311 cm³/mol. The van der Waals surface area contributed by atoms with E-state index in [9.17, 15) is 44.4 Å². The Bertz CT molecular complexity index is 2610. The first-order valence-corrected chi connectivity index (χ1v) is 30.2. The van der Waals surface area contributed by atoms with Crippen molar-refractivity contribution < 1.29 is 91.7 Å². The molecule has 0 radical (unpaired) electrons. The fourth-order valence-corrected chi connectivity index (χ4v) is 12.5. The Kier molecular flexibility index (Phi) is 24.2. The molecule has 4 aliphatic rings. The van der Waals surface area contributed by atoms with E-state index < -0.39 is 126 Å². The van der Waals surface area contributed by atoms with E-state index in [4.69, 9.17) is 52.1 Å². The number of anilines is 1. The number of nitrogens with zero attached hydrogens (tertiary/aromatic N) is 3. The highest BCUT2D eigenvalue weighted by Crippen LogP contribution is 2.42. The summed E-state index contributed by atoms with van der Waals surface area (Å²) in [5.74, 6) is -4.47. The highest BCUT2D eigenvalue weighted by molar-refractivity contribution is 5.94. The first kappa shape index (κ1) is 69.5. The van der Waals surface area contributed by atoms with Crippen molar-refractivity contribution in [3.63, 3.8) is 0 Å². The molecule has 1 aromatic carbocycles. The molecule has 2 aromatic rings. The average molecular weight is 1210 g/mol. The van der Waals surface area contributed by atoms with E-state index in [0.717, 1.165) is 12.8 Å². The highest BCUT2D eigenvalue weighted by atomic mass is 16.8. The minimum atomic E-state index is -1.88. The van der Waals surface area contributed by atoms with Crippen molar-refractivity contribution in [2.75, 3.05) is 66.5 Å². The molecule has 4 heterocycles. The van der Waals surface area contributed by atoms with Gasteiger partial charge in [0.2, 0.25) is 11.7 Å². The minimum absolute atomic E-state index is 0.00545. The van der Waals surface area contributed by atoms with Crippen LogP contribution >= 0.6 is 0 Å². The van der Waals surface area contributed by atoms with E-state index in [1.807, 2.05) is 55.4 Å². The molecule has 482 valence electrons. The first-order chi connectivity index (χ1) is 39.9. The Morgan fingerprint density at radius 2 is 1.62 bits per heavy atom. The van der Waals surface area contributed by atoms with Gasteiger partial charge in [0.25, 0.3) is 0 Å². The van der Waals surface area contributed by atoms with Gasteiger partial charge in [-0.05, 0) is 133 Å². The van der Waals surface area contributed by atoms with Gasteiger partial charge in [-0.2, -0.15) is 0 Å². The largest absolute Gasteiger partial charge is 0.511 e. The van der Waals surface area contributed by atoms with Crippen LogP contribution in [0.1, 0.15) is 144 Å². The Morgan fingerprint density at radius 1 is 0.929 bits per heavy atom. The molecular formula is C61H98N4O20. The van der Waals surface area contributed by atoms with Gasteiger partial charge in [-0.25, -0.2) is 9.59 Å². The third kappa shape index (κ3) is 17.2. The number of methoxy groups -OCH3 is 1. The second-order valence-corrected chi connectivity index (χ2v) is 24.9. The van der Waals surface area contributed by atoms with E-state index in [1.165, 1.54) is 27.2 Å². The number of ether oxygens (including phenoxy) is 11. The summed E-state index contributed by atoms with van der Waals surface area (Å²) in [6, 6.07) is 4.43. The maximum Gasteiger partial charge on any atom is 0.511 e. The summed E-state index contributed by atoms with van der Waals surface area (Å²) >= 11 is 0. The molecule has 24 heteroatoms. The number of carbonyl (C=O) groups excluding carboxylic acids is 4. The zero-order valence-corrected chi connectivity index (χ0v) is 52.8. The number of aliphatic hydroxyl groups excluding tert-OH is 2. The summed E-state index contributed by atoms with van der Waals surface area (Å²) in [7, 11) is 7.04. The number of aliphatic hydroxyl groups is 4. The summed E-state index contributed by atoms with van der Waals surface area (Å²) in [5.41, 5.74) is -4.26. The number of nitrogens with one attached hydrogen (secondary N) is 1. The van der Waals surface area contributed by atoms with Gasteiger partial charge >= 0.3 is 24.1 Å². The fourth-order valence-electron chi connectivity index (χ4n) is 12.5. The Hall–Kier alpha value is -4.57. The van der Waals surface area contributed by atoms with Gasteiger partial charge in [-0.3, -0.25) is 14.4 Å². The zero-order valence-electron chi connectivity index (χ0n) is 52.8. The Morgan fingerprint density at radius 3 is 2.26 bits per heavy atom. The maximum atomic E-state index is 14.6. The van der Waals surface area contributed by atoms with Crippen LogP contribution in [0.3, 0.4) is 0 Å². The van der Waals surface area contributed by atoms with Crippen molar-refractivity contribution in [3.05, 3.63) is 40.2 Å². The molecule has 19 atom stereocenters. The molecule has 0 bridgehead atoms. The standard InChI is InChI=1S/C61H98N4O20/c1-17-46-61(12,74)52(69)37(7)64(15)31-33(3)29-59(10,73)53(85-57-50(68)45(63(13)14)27-34(4)78-57)35(5)51(36(6)55(70)82-46)84-48-30-60(11,75-16)54(38(8)79-48)83-47(66)23-25-76-26-24-62-40-19-22-44-42(28-40)49(67)43(32-65(44)41-20-21-41)56(71)80-39(9)81-58(72)77-18-2/h19,22,28,32-39,41,45-46,48,50-54,57,62,68-69,73-74H,17-18,20-21,23-27,29-31H2,1-16H3/t33-,34-,35+,36-,37-,38+,39?,45+,46-,48+,50+,51+,52-,53-,54+,57+,59-,60-,61-/m1/s1. The van der Waals surface area contributed by atoms with Gasteiger partial charge in [0.1, 0.15) is 35.1 Å². The number of cyclic esters (lactones) is 1. The topological polar surface area (TPSA) is 291 Å².